The highest BCUT2D eigenvalue weighted by Gasteiger charge is 2.26. The highest BCUT2D eigenvalue weighted by atomic mass is 14.6. The Morgan fingerprint density at radius 1 is 1.29 bits per heavy atom. The number of hydrogen-bond acceptors (Lipinski definition) is 1. The smallest absolute Gasteiger partial charge is 0.00429 e. The van der Waals surface area contributed by atoms with E-state index in [-0.39, 0.29) is 5.41 Å². The lowest BCUT2D eigenvalue weighted by atomic mass is 9.74. The Bertz CT molecular complexity index is 668. The summed E-state index contributed by atoms with van der Waals surface area (Å²) < 4.78 is 0. The van der Waals surface area contributed by atoms with Crippen LogP contribution in [-0.4, -0.2) is 0 Å². The van der Waals surface area contributed by atoms with Crippen molar-refractivity contribution in [1.29, 1.82) is 0 Å². The van der Waals surface area contributed by atoms with Crippen molar-refractivity contribution < 1.29 is 0 Å². The molecule has 1 aromatic rings. The van der Waals surface area contributed by atoms with E-state index in [1.165, 1.54) is 27.8 Å². The summed E-state index contributed by atoms with van der Waals surface area (Å²) in [5.41, 5.74) is 14.3. The zero-order valence-electron chi connectivity index (χ0n) is 16.1. The minimum absolute atomic E-state index is 0.235. The van der Waals surface area contributed by atoms with Crippen LogP contribution < -0.4 is 5.73 Å². The topological polar surface area (TPSA) is 26.0 Å². The van der Waals surface area contributed by atoms with Crippen molar-refractivity contribution in [3.63, 3.8) is 0 Å². The molecule has 0 radical (unpaired) electrons. The van der Waals surface area contributed by atoms with Crippen molar-refractivity contribution in [1.82, 2.24) is 0 Å². The summed E-state index contributed by atoms with van der Waals surface area (Å²) in [5, 5.41) is 0. The number of allylic oxidation sites excluding steroid dienone is 4. The maximum absolute atomic E-state index is 6.24. The van der Waals surface area contributed by atoms with Crippen LogP contribution in [0.1, 0.15) is 62.8 Å². The molecule has 130 valence electrons. The highest BCUT2D eigenvalue weighted by molar-refractivity contribution is 5.63. The van der Waals surface area contributed by atoms with Crippen molar-refractivity contribution in [2.24, 2.45) is 17.1 Å². The molecule has 0 amide bonds. The largest absolute Gasteiger partial charge is 0.402 e. The number of aryl methyl sites for hydroxylation is 1. The van der Waals surface area contributed by atoms with Gasteiger partial charge in [0.2, 0.25) is 0 Å². The van der Waals surface area contributed by atoms with Gasteiger partial charge < -0.3 is 5.73 Å². The average Bonchev–Trinajstić information content (AvgIpc) is 2.46. The van der Waals surface area contributed by atoms with Gasteiger partial charge in [-0.2, -0.15) is 0 Å². The van der Waals surface area contributed by atoms with Crippen LogP contribution in [0.25, 0.3) is 6.08 Å². The molecule has 1 aliphatic carbocycles. The Hall–Kier alpha value is -1.76. The van der Waals surface area contributed by atoms with Crippen molar-refractivity contribution >= 4 is 6.08 Å². The number of hydrogen-bond donors (Lipinski definition) is 1. The molecule has 24 heavy (non-hydrogen) atoms. The second kappa shape index (κ2) is 7.42. The van der Waals surface area contributed by atoms with E-state index in [0.717, 1.165) is 31.4 Å². The molecule has 0 spiro atoms. The van der Waals surface area contributed by atoms with E-state index >= 15 is 0 Å². The SMILES string of the molecule is C=C1C=Cc2cc(CC(C/C(N)=C/CC)C(C)(C)C)c(C)cc2C1. The van der Waals surface area contributed by atoms with Gasteiger partial charge in [-0.25, -0.2) is 0 Å². The van der Waals surface area contributed by atoms with Crippen molar-refractivity contribution in [2.45, 2.75) is 60.3 Å². The standard InChI is InChI=1S/C23H33N/c1-7-8-22(24)15-21(23(4,5)6)14-19-13-18-10-9-16(2)11-20(18)12-17(19)3/h8-10,12-13,21H,2,7,11,14-15,24H2,1,3-6H3/b22-8-. The van der Waals surface area contributed by atoms with Crippen molar-refractivity contribution in [2.75, 3.05) is 0 Å². The Morgan fingerprint density at radius 2 is 2.00 bits per heavy atom. The Labute approximate surface area is 148 Å². The van der Waals surface area contributed by atoms with Gasteiger partial charge in [0.15, 0.2) is 0 Å². The molecule has 0 aromatic heterocycles. The molecule has 1 unspecified atom stereocenters. The highest BCUT2D eigenvalue weighted by Crippen LogP contribution is 2.35. The molecule has 1 atom stereocenters. The zero-order valence-corrected chi connectivity index (χ0v) is 16.1. The monoisotopic (exact) mass is 323 g/mol. The van der Waals surface area contributed by atoms with Gasteiger partial charge in [0, 0.05) is 5.70 Å². The van der Waals surface area contributed by atoms with Gasteiger partial charge in [0.25, 0.3) is 0 Å². The first-order chi connectivity index (χ1) is 11.2. The van der Waals surface area contributed by atoms with Crippen LogP contribution in [0.4, 0.5) is 0 Å². The Kier molecular flexibility index (Phi) is 5.74. The molecule has 0 aliphatic heterocycles. The van der Waals surface area contributed by atoms with Crippen LogP contribution in [0, 0.1) is 18.3 Å². The van der Waals surface area contributed by atoms with Crippen LogP contribution in [0.5, 0.6) is 0 Å². The minimum atomic E-state index is 0.235. The molecular formula is C23H33N. The van der Waals surface area contributed by atoms with E-state index in [0.29, 0.717) is 5.92 Å². The van der Waals surface area contributed by atoms with Crippen LogP contribution in [0.2, 0.25) is 0 Å². The van der Waals surface area contributed by atoms with Gasteiger partial charge in [-0.1, -0.05) is 70.2 Å². The summed E-state index contributed by atoms with van der Waals surface area (Å²) in [6.45, 7) is 15.5. The van der Waals surface area contributed by atoms with E-state index in [9.17, 15) is 0 Å². The first-order valence-electron chi connectivity index (χ1n) is 9.13. The van der Waals surface area contributed by atoms with Gasteiger partial charge in [0.05, 0.1) is 0 Å². The van der Waals surface area contributed by atoms with Crippen LogP contribution in [-0.2, 0) is 12.8 Å². The third kappa shape index (κ3) is 4.63. The maximum Gasteiger partial charge on any atom is 0.00429 e. The Morgan fingerprint density at radius 3 is 2.62 bits per heavy atom. The maximum atomic E-state index is 6.24. The molecule has 1 aliphatic rings. The fourth-order valence-electron chi connectivity index (χ4n) is 3.45. The zero-order chi connectivity index (χ0) is 17.9. The van der Waals surface area contributed by atoms with Gasteiger partial charge in [-0.15, -0.1) is 0 Å². The summed E-state index contributed by atoms with van der Waals surface area (Å²) >= 11 is 0. The molecule has 1 aromatic carbocycles. The lowest BCUT2D eigenvalue weighted by molar-refractivity contribution is 0.235. The van der Waals surface area contributed by atoms with E-state index in [1.807, 2.05) is 0 Å². The lowest BCUT2D eigenvalue weighted by Gasteiger charge is -2.32. The second-order valence-electron chi connectivity index (χ2n) is 8.30. The van der Waals surface area contributed by atoms with Crippen molar-refractivity contribution in [3.05, 3.63) is 64.4 Å². The predicted octanol–water partition coefficient (Wildman–Crippen LogP) is 5.97. The summed E-state index contributed by atoms with van der Waals surface area (Å²) in [6, 6.07) is 4.73. The molecule has 0 fully saturated rings. The number of nitrogens with two attached hydrogens (primary N) is 1. The molecule has 0 saturated carbocycles. The molecule has 0 saturated heterocycles. The van der Waals surface area contributed by atoms with E-state index < -0.39 is 0 Å². The summed E-state index contributed by atoms with van der Waals surface area (Å²) in [5.74, 6) is 0.541. The number of fused-ring (bicyclic) bond motifs is 1. The third-order valence-corrected chi connectivity index (χ3v) is 5.15. The third-order valence-electron chi connectivity index (χ3n) is 5.15. The fraction of sp³-hybridized carbons (Fsp3) is 0.478. The first kappa shape index (κ1) is 18.6. The fourth-order valence-corrected chi connectivity index (χ4v) is 3.45. The number of rotatable bonds is 5. The summed E-state index contributed by atoms with van der Waals surface area (Å²) in [7, 11) is 0. The molecule has 0 heterocycles. The quantitative estimate of drug-likeness (QED) is 0.710. The van der Waals surface area contributed by atoms with E-state index in [1.54, 1.807) is 0 Å². The predicted molar refractivity (Wildman–Crippen MR) is 107 cm³/mol. The summed E-state index contributed by atoms with van der Waals surface area (Å²) in [4.78, 5) is 0. The lowest BCUT2D eigenvalue weighted by Crippen LogP contribution is -2.25. The van der Waals surface area contributed by atoms with Crippen molar-refractivity contribution in [3.8, 4) is 0 Å². The van der Waals surface area contributed by atoms with Gasteiger partial charge in [0.1, 0.15) is 0 Å². The van der Waals surface area contributed by atoms with Crippen LogP contribution in [0.3, 0.4) is 0 Å². The van der Waals surface area contributed by atoms with Crippen LogP contribution >= 0.6 is 0 Å². The minimum Gasteiger partial charge on any atom is -0.402 e. The second-order valence-corrected chi connectivity index (χ2v) is 8.30. The Balaban J connectivity index is 2.29. The van der Waals surface area contributed by atoms with Gasteiger partial charge in [-0.05, 0) is 66.2 Å². The molecule has 1 nitrogen and oxygen atoms in total. The van der Waals surface area contributed by atoms with Gasteiger partial charge >= 0.3 is 0 Å². The first-order valence-corrected chi connectivity index (χ1v) is 9.13. The molecule has 1 heteroatoms. The van der Waals surface area contributed by atoms with Crippen LogP contribution in [0.15, 0.2) is 42.1 Å². The van der Waals surface area contributed by atoms with E-state index in [2.05, 4.69) is 71.6 Å². The molecule has 2 rings (SSSR count). The average molecular weight is 324 g/mol. The molecule has 0 bridgehead atoms. The normalized spacial score (nSPS) is 16.2. The summed E-state index contributed by atoms with van der Waals surface area (Å²) in [6.07, 6.45) is 10.5. The van der Waals surface area contributed by atoms with Gasteiger partial charge in [-0.3, -0.25) is 0 Å². The van der Waals surface area contributed by atoms with E-state index in [4.69, 9.17) is 5.73 Å². The molecular weight excluding hydrogens is 290 g/mol. The molecule has 2 N–H and O–H groups in total. The number of benzene rings is 1.